The fourth-order valence-electron chi connectivity index (χ4n) is 3.12. The Morgan fingerprint density at radius 3 is 2.96 bits per heavy atom. The fourth-order valence-corrected chi connectivity index (χ4v) is 3.12. The molecule has 4 rings (SSSR count). The van der Waals surface area contributed by atoms with Gasteiger partial charge in [-0.1, -0.05) is 6.07 Å². The Bertz CT molecular complexity index is 1020. The first-order chi connectivity index (χ1) is 13.1. The van der Waals surface area contributed by atoms with Crippen molar-refractivity contribution in [2.75, 3.05) is 23.9 Å². The van der Waals surface area contributed by atoms with E-state index >= 15 is 0 Å². The number of benzene rings is 1. The van der Waals surface area contributed by atoms with Crippen LogP contribution in [0.2, 0.25) is 0 Å². The number of carbonyl (C=O) groups excluding carboxylic acids is 2. The van der Waals surface area contributed by atoms with Crippen LogP contribution in [-0.2, 0) is 9.59 Å². The molecule has 1 saturated heterocycles. The van der Waals surface area contributed by atoms with E-state index in [9.17, 15) is 14.0 Å². The summed E-state index contributed by atoms with van der Waals surface area (Å²) in [6.45, 7) is 0.128. The standard InChI is InChI=1S/C18H16FN5O3/c1-27-14-6-5-11(8-20-14)21-18(26)10-7-15(25)24(9-10)17-16-12(19)3-2-4-13(16)22-23-17/h2-6,8,10H,7,9H2,1H3,(H,21,26)(H,22,23)/t10-/m1/s1. The van der Waals surface area contributed by atoms with Gasteiger partial charge in [0.05, 0.1) is 35.8 Å². The molecule has 2 N–H and O–H groups in total. The molecule has 9 heteroatoms. The van der Waals surface area contributed by atoms with E-state index in [1.807, 2.05) is 0 Å². The third kappa shape index (κ3) is 3.07. The molecular weight excluding hydrogens is 353 g/mol. The number of methoxy groups -OCH3 is 1. The summed E-state index contributed by atoms with van der Waals surface area (Å²) in [5.41, 5.74) is 0.998. The second-order valence-corrected chi connectivity index (χ2v) is 6.19. The number of aromatic nitrogens is 3. The van der Waals surface area contributed by atoms with Gasteiger partial charge < -0.3 is 10.1 Å². The highest BCUT2D eigenvalue weighted by Crippen LogP contribution is 2.31. The van der Waals surface area contributed by atoms with E-state index in [0.717, 1.165) is 0 Å². The minimum atomic E-state index is -0.571. The van der Waals surface area contributed by atoms with Crippen LogP contribution in [0, 0.1) is 11.7 Å². The van der Waals surface area contributed by atoms with Gasteiger partial charge in [0.15, 0.2) is 5.82 Å². The van der Waals surface area contributed by atoms with Crippen molar-refractivity contribution >= 4 is 34.2 Å². The zero-order valence-electron chi connectivity index (χ0n) is 14.4. The topological polar surface area (TPSA) is 100 Å². The Balaban J connectivity index is 1.52. The smallest absolute Gasteiger partial charge is 0.229 e. The van der Waals surface area contributed by atoms with Crippen LogP contribution in [-0.4, -0.2) is 40.7 Å². The lowest BCUT2D eigenvalue weighted by Crippen LogP contribution is -2.28. The monoisotopic (exact) mass is 369 g/mol. The van der Waals surface area contributed by atoms with Crippen LogP contribution in [0.5, 0.6) is 5.88 Å². The number of halogens is 1. The number of hydrogen-bond donors (Lipinski definition) is 2. The summed E-state index contributed by atoms with van der Waals surface area (Å²) in [5, 5.41) is 9.76. The minimum Gasteiger partial charge on any atom is -0.481 e. The lowest BCUT2D eigenvalue weighted by molar-refractivity contribution is -0.122. The number of pyridine rings is 1. The van der Waals surface area contributed by atoms with E-state index in [0.29, 0.717) is 17.1 Å². The van der Waals surface area contributed by atoms with Crippen molar-refractivity contribution in [1.29, 1.82) is 0 Å². The maximum atomic E-state index is 14.2. The maximum Gasteiger partial charge on any atom is 0.229 e. The molecular formula is C18H16FN5O3. The maximum absolute atomic E-state index is 14.2. The molecule has 0 radical (unpaired) electrons. The highest BCUT2D eigenvalue weighted by Gasteiger charge is 2.37. The van der Waals surface area contributed by atoms with E-state index in [1.165, 1.54) is 24.3 Å². The van der Waals surface area contributed by atoms with Gasteiger partial charge in [-0.05, 0) is 18.2 Å². The molecule has 0 aliphatic carbocycles. The number of carbonyl (C=O) groups is 2. The van der Waals surface area contributed by atoms with Crippen LogP contribution in [0.4, 0.5) is 15.9 Å². The molecule has 27 heavy (non-hydrogen) atoms. The van der Waals surface area contributed by atoms with Crippen molar-refractivity contribution in [2.45, 2.75) is 6.42 Å². The Kier molecular flexibility index (Phi) is 4.19. The van der Waals surface area contributed by atoms with Gasteiger partial charge in [-0.2, -0.15) is 5.10 Å². The number of amides is 2. The summed E-state index contributed by atoms with van der Waals surface area (Å²) in [6, 6.07) is 7.83. The highest BCUT2D eigenvalue weighted by atomic mass is 19.1. The predicted molar refractivity (Wildman–Crippen MR) is 95.9 cm³/mol. The summed E-state index contributed by atoms with van der Waals surface area (Å²) < 4.78 is 19.1. The fraction of sp³-hybridized carbons (Fsp3) is 0.222. The van der Waals surface area contributed by atoms with E-state index in [1.54, 1.807) is 24.3 Å². The van der Waals surface area contributed by atoms with Gasteiger partial charge in [-0.15, -0.1) is 0 Å². The second-order valence-electron chi connectivity index (χ2n) is 6.19. The number of H-pyrrole nitrogens is 1. The number of nitrogens with zero attached hydrogens (tertiary/aromatic N) is 3. The molecule has 138 valence electrons. The molecule has 1 aliphatic rings. The van der Waals surface area contributed by atoms with Crippen LogP contribution >= 0.6 is 0 Å². The van der Waals surface area contributed by atoms with Crippen molar-refractivity contribution in [3.63, 3.8) is 0 Å². The predicted octanol–water partition coefficient (Wildman–Crippen LogP) is 2.10. The van der Waals surface area contributed by atoms with Crippen LogP contribution in [0.25, 0.3) is 10.9 Å². The first kappa shape index (κ1) is 17.0. The largest absolute Gasteiger partial charge is 0.481 e. The molecule has 1 aliphatic heterocycles. The summed E-state index contributed by atoms with van der Waals surface area (Å²) in [6.07, 6.45) is 1.50. The van der Waals surface area contributed by atoms with Crippen molar-refractivity contribution in [1.82, 2.24) is 15.2 Å². The van der Waals surface area contributed by atoms with Crippen LogP contribution in [0.15, 0.2) is 36.5 Å². The zero-order valence-corrected chi connectivity index (χ0v) is 14.4. The first-order valence-corrected chi connectivity index (χ1v) is 8.30. The molecule has 2 aromatic heterocycles. The molecule has 1 fully saturated rings. The highest BCUT2D eigenvalue weighted by molar-refractivity contribution is 6.07. The number of rotatable bonds is 4. The molecule has 3 heterocycles. The van der Waals surface area contributed by atoms with Gasteiger partial charge in [-0.3, -0.25) is 19.6 Å². The van der Waals surface area contributed by atoms with Gasteiger partial charge in [-0.25, -0.2) is 9.37 Å². The van der Waals surface area contributed by atoms with E-state index in [-0.39, 0.29) is 36.0 Å². The Morgan fingerprint density at radius 2 is 2.22 bits per heavy atom. The summed E-state index contributed by atoms with van der Waals surface area (Å²) in [4.78, 5) is 30.3. The Hall–Kier alpha value is -3.49. The molecule has 2 amide bonds. The van der Waals surface area contributed by atoms with Crippen LogP contribution in [0.1, 0.15) is 6.42 Å². The van der Waals surface area contributed by atoms with Crippen molar-refractivity contribution in [3.8, 4) is 5.88 Å². The second kappa shape index (κ2) is 6.67. The average molecular weight is 369 g/mol. The summed E-state index contributed by atoms with van der Waals surface area (Å²) in [5.74, 6) is -0.991. The number of aromatic amines is 1. The molecule has 0 saturated carbocycles. The number of fused-ring (bicyclic) bond motifs is 1. The molecule has 8 nitrogen and oxygen atoms in total. The first-order valence-electron chi connectivity index (χ1n) is 8.30. The van der Waals surface area contributed by atoms with Crippen molar-refractivity contribution in [3.05, 3.63) is 42.3 Å². The SMILES string of the molecule is COc1ccc(NC(=O)[C@@H]2CC(=O)N(c3n[nH]c4cccc(F)c34)C2)cn1. The van der Waals surface area contributed by atoms with Crippen LogP contribution in [0.3, 0.4) is 0 Å². The molecule has 0 unspecified atom stereocenters. The van der Waals surface area contributed by atoms with Crippen LogP contribution < -0.4 is 15.0 Å². The third-order valence-corrected chi connectivity index (χ3v) is 4.48. The normalized spacial score (nSPS) is 16.7. The quantitative estimate of drug-likeness (QED) is 0.734. The Labute approximate surface area is 153 Å². The number of hydrogen-bond acceptors (Lipinski definition) is 5. The summed E-state index contributed by atoms with van der Waals surface area (Å²) in [7, 11) is 1.50. The van der Waals surface area contributed by atoms with Gasteiger partial charge in [0.1, 0.15) is 5.82 Å². The van der Waals surface area contributed by atoms with E-state index < -0.39 is 11.7 Å². The van der Waals surface area contributed by atoms with Gasteiger partial charge in [0.2, 0.25) is 17.7 Å². The molecule has 0 spiro atoms. The molecule has 0 bridgehead atoms. The van der Waals surface area contributed by atoms with E-state index in [4.69, 9.17) is 4.74 Å². The van der Waals surface area contributed by atoms with Crippen molar-refractivity contribution in [2.24, 2.45) is 5.92 Å². The molecule has 3 aromatic rings. The van der Waals surface area contributed by atoms with Gasteiger partial charge in [0.25, 0.3) is 0 Å². The van der Waals surface area contributed by atoms with Gasteiger partial charge in [0, 0.05) is 19.0 Å². The lowest BCUT2D eigenvalue weighted by atomic mass is 10.1. The van der Waals surface area contributed by atoms with Gasteiger partial charge >= 0.3 is 0 Å². The van der Waals surface area contributed by atoms with E-state index in [2.05, 4.69) is 20.5 Å². The molecule has 1 aromatic carbocycles. The average Bonchev–Trinajstić information content (AvgIpc) is 3.26. The summed E-state index contributed by atoms with van der Waals surface area (Å²) >= 11 is 0. The number of anilines is 2. The number of nitrogens with one attached hydrogen (secondary N) is 2. The zero-order chi connectivity index (χ0) is 19.0. The third-order valence-electron chi connectivity index (χ3n) is 4.48. The Morgan fingerprint density at radius 1 is 1.37 bits per heavy atom. The minimum absolute atomic E-state index is 0.0260. The van der Waals surface area contributed by atoms with Crippen molar-refractivity contribution < 1.29 is 18.7 Å². The number of ether oxygens (including phenoxy) is 1. The lowest BCUT2D eigenvalue weighted by Gasteiger charge is -2.14. The molecule has 1 atom stereocenters.